The minimum Gasteiger partial charge on any atom is -0.481 e. The van der Waals surface area contributed by atoms with Crippen molar-refractivity contribution in [1.29, 1.82) is 0 Å². The third kappa shape index (κ3) is 12.1. The molecule has 0 aromatic carbocycles. The molecule has 0 saturated heterocycles. The highest BCUT2D eigenvalue weighted by Crippen LogP contribution is 2.07. The summed E-state index contributed by atoms with van der Waals surface area (Å²) in [6.45, 7) is 2.17. The molecular weight excluding hydrogens is 286 g/mol. The van der Waals surface area contributed by atoms with E-state index in [1.54, 1.807) is 6.08 Å². The first kappa shape index (κ1) is 20.3. The molecule has 0 aromatic heterocycles. The molecule has 3 N–H and O–H groups in total. The lowest BCUT2D eigenvalue weighted by Crippen LogP contribution is -2.34. The first-order chi connectivity index (χ1) is 10.5. The summed E-state index contributed by atoms with van der Waals surface area (Å²) >= 11 is 0. The largest absolute Gasteiger partial charge is 0.481 e. The fourth-order valence-corrected chi connectivity index (χ4v) is 1.83. The van der Waals surface area contributed by atoms with Gasteiger partial charge in [-0.15, -0.1) is 0 Å². The van der Waals surface area contributed by atoms with E-state index in [9.17, 15) is 14.4 Å². The van der Waals surface area contributed by atoms with E-state index in [1.165, 1.54) is 31.8 Å². The van der Waals surface area contributed by atoms with Gasteiger partial charge in [0, 0.05) is 12.5 Å². The number of carbonyl (C=O) groups excluding carboxylic acids is 2. The maximum atomic E-state index is 11.4. The minimum atomic E-state index is -1.09. The number of hydrogen-bond acceptors (Lipinski definition) is 5. The van der Waals surface area contributed by atoms with Crippen LogP contribution in [-0.2, 0) is 19.1 Å². The van der Waals surface area contributed by atoms with Gasteiger partial charge in [-0.2, -0.15) is 0 Å². The van der Waals surface area contributed by atoms with E-state index in [1.807, 2.05) is 0 Å². The Morgan fingerprint density at radius 1 is 1.14 bits per heavy atom. The fraction of sp³-hybridized carbons (Fsp3) is 0.688. The highest BCUT2D eigenvalue weighted by Gasteiger charge is 2.18. The lowest BCUT2D eigenvalue weighted by Gasteiger charge is -2.07. The van der Waals surface area contributed by atoms with Gasteiger partial charge in [0.1, 0.15) is 6.04 Å². The molecule has 0 heterocycles. The summed E-state index contributed by atoms with van der Waals surface area (Å²) in [5.41, 5.74) is 5.43. The summed E-state index contributed by atoms with van der Waals surface area (Å²) < 4.78 is 4.52. The molecule has 0 fully saturated rings. The average Bonchev–Trinajstić information content (AvgIpc) is 2.47. The van der Waals surface area contributed by atoms with Crippen molar-refractivity contribution >= 4 is 17.9 Å². The van der Waals surface area contributed by atoms with Crippen LogP contribution in [0.2, 0.25) is 0 Å². The van der Waals surface area contributed by atoms with Crippen LogP contribution in [0.3, 0.4) is 0 Å². The first-order valence-corrected chi connectivity index (χ1v) is 7.87. The number of carboxylic acids is 1. The first-order valence-electron chi connectivity index (χ1n) is 7.87. The van der Waals surface area contributed by atoms with Crippen LogP contribution >= 0.6 is 0 Å². The van der Waals surface area contributed by atoms with E-state index in [0.29, 0.717) is 0 Å². The van der Waals surface area contributed by atoms with Gasteiger partial charge in [0.25, 0.3) is 0 Å². The third-order valence-electron chi connectivity index (χ3n) is 3.15. The summed E-state index contributed by atoms with van der Waals surface area (Å²) in [4.78, 5) is 33.1. The molecule has 0 aliphatic rings. The number of aliphatic carboxylic acids is 1. The Hall–Kier alpha value is -1.69. The number of nitrogens with two attached hydrogens (primary N) is 1. The van der Waals surface area contributed by atoms with Gasteiger partial charge in [0.15, 0.2) is 0 Å². The molecular formula is C16H27NO5. The number of carboxylic acid groups (broad SMARTS) is 1. The molecule has 0 radical (unpaired) electrons. The molecule has 22 heavy (non-hydrogen) atoms. The topological polar surface area (TPSA) is 107 Å². The molecule has 0 amide bonds. The second-order valence-corrected chi connectivity index (χ2v) is 5.24. The Bertz CT molecular complexity index is 379. The molecule has 0 spiro atoms. The Balaban J connectivity index is 3.76. The highest BCUT2D eigenvalue weighted by molar-refractivity contribution is 5.93. The van der Waals surface area contributed by atoms with Gasteiger partial charge in [-0.3, -0.25) is 4.79 Å². The van der Waals surface area contributed by atoms with Crippen LogP contribution in [0.15, 0.2) is 12.2 Å². The number of rotatable bonds is 12. The zero-order valence-corrected chi connectivity index (χ0v) is 13.3. The van der Waals surface area contributed by atoms with E-state index in [-0.39, 0.29) is 12.8 Å². The summed E-state index contributed by atoms with van der Waals surface area (Å²) in [6, 6.07) is -1.09. The molecule has 0 unspecified atom stereocenters. The average molecular weight is 313 g/mol. The summed E-state index contributed by atoms with van der Waals surface area (Å²) in [5, 5.41) is 8.47. The van der Waals surface area contributed by atoms with Crippen LogP contribution in [0.25, 0.3) is 0 Å². The number of unbranched alkanes of at least 4 members (excludes halogenated alkanes) is 6. The number of hydrogen-bond donors (Lipinski definition) is 2. The van der Waals surface area contributed by atoms with Gasteiger partial charge in [-0.05, 0) is 19.3 Å². The van der Waals surface area contributed by atoms with E-state index in [4.69, 9.17) is 10.8 Å². The van der Waals surface area contributed by atoms with Crippen molar-refractivity contribution in [1.82, 2.24) is 0 Å². The lowest BCUT2D eigenvalue weighted by molar-refractivity contribution is -0.157. The Kier molecular flexibility index (Phi) is 12.0. The second-order valence-electron chi connectivity index (χ2n) is 5.24. The van der Waals surface area contributed by atoms with Crippen LogP contribution in [0.4, 0.5) is 0 Å². The molecule has 0 rings (SSSR count). The lowest BCUT2D eigenvalue weighted by atomic mass is 10.1. The van der Waals surface area contributed by atoms with Crippen LogP contribution in [0, 0.1) is 0 Å². The molecule has 6 heteroatoms. The van der Waals surface area contributed by atoms with Crippen molar-refractivity contribution < 1.29 is 24.2 Å². The molecule has 0 saturated carbocycles. The quantitative estimate of drug-likeness (QED) is 0.248. The highest BCUT2D eigenvalue weighted by atomic mass is 16.6. The maximum Gasteiger partial charge on any atom is 0.338 e. The van der Waals surface area contributed by atoms with Crippen molar-refractivity contribution in [2.45, 2.75) is 70.8 Å². The van der Waals surface area contributed by atoms with Crippen LogP contribution < -0.4 is 5.73 Å². The summed E-state index contributed by atoms with van der Waals surface area (Å²) in [5.74, 6) is -2.70. The zero-order valence-electron chi connectivity index (χ0n) is 13.3. The fourth-order valence-electron chi connectivity index (χ4n) is 1.83. The number of carbonyl (C=O) groups is 3. The smallest absolute Gasteiger partial charge is 0.338 e. The number of ether oxygens (including phenoxy) is 1. The maximum absolute atomic E-state index is 11.4. The van der Waals surface area contributed by atoms with E-state index >= 15 is 0 Å². The minimum absolute atomic E-state index is 0.0527. The monoisotopic (exact) mass is 313 g/mol. The Morgan fingerprint density at radius 2 is 1.77 bits per heavy atom. The Labute approximate surface area is 131 Å². The molecule has 0 aliphatic carbocycles. The summed E-state index contributed by atoms with van der Waals surface area (Å²) in [7, 11) is 0. The standard InChI is InChI=1S/C16H27NO5/c1-2-3-4-5-6-7-8-9-10-15(20)22-16(21)13(17)11-12-14(18)19/h9-10,13H,2-8,11-12,17H2,1H3,(H,18,19)/t13-/m0/s1. The zero-order chi connectivity index (χ0) is 16.8. The van der Waals surface area contributed by atoms with E-state index < -0.39 is 23.9 Å². The van der Waals surface area contributed by atoms with Crippen LogP contribution in [0.1, 0.15) is 64.7 Å². The van der Waals surface area contributed by atoms with Crippen molar-refractivity contribution in [3.63, 3.8) is 0 Å². The molecule has 6 nitrogen and oxygen atoms in total. The second kappa shape index (κ2) is 13.0. The van der Waals surface area contributed by atoms with Gasteiger partial charge in [0.05, 0.1) is 0 Å². The van der Waals surface area contributed by atoms with Crippen molar-refractivity contribution in [3.05, 3.63) is 12.2 Å². The van der Waals surface area contributed by atoms with Gasteiger partial charge >= 0.3 is 17.9 Å². The molecule has 1 atom stereocenters. The SMILES string of the molecule is CCCCCCCCC=CC(=O)OC(=O)[C@@H](N)CCC(=O)O. The van der Waals surface area contributed by atoms with E-state index in [2.05, 4.69) is 11.7 Å². The van der Waals surface area contributed by atoms with Gasteiger partial charge in [-0.1, -0.05) is 45.1 Å². The van der Waals surface area contributed by atoms with Crippen LogP contribution in [-0.4, -0.2) is 29.1 Å². The summed E-state index contributed by atoms with van der Waals surface area (Å²) in [6.07, 6.45) is 10.4. The van der Waals surface area contributed by atoms with Crippen LogP contribution in [0.5, 0.6) is 0 Å². The molecule has 126 valence electrons. The number of allylic oxidation sites excluding steroid dienone is 1. The Morgan fingerprint density at radius 3 is 2.41 bits per heavy atom. The molecule has 0 bridgehead atoms. The molecule has 0 aliphatic heterocycles. The normalized spacial score (nSPS) is 12.3. The predicted molar refractivity (Wildman–Crippen MR) is 83.1 cm³/mol. The van der Waals surface area contributed by atoms with Crippen molar-refractivity contribution in [2.75, 3.05) is 0 Å². The van der Waals surface area contributed by atoms with Gasteiger partial charge in [-0.25, -0.2) is 9.59 Å². The van der Waals surface area contributed by atoms with Crippen molar-refractivity contribution in [2.24, 2.45) is 5.73 Å². The number of esters is 2. The molecule has 0 aromatic rings. The van der Waals surface area contributed by atoms with Crippen molar-refractivity contribution in [3.8, 4) is 0 Å². The van der Waals surface area contributed by atoms with Gasteiger partial charge < -0.3 is 15.6 Å². The van der Waals surface area contributed by atoms with E-state index in [0.717, 1.165) is 19.3 Å². The third-order valence-corrected chi connectivity index (χ3v) is 3.15. The predicted octanol–water partition coefficient (Wildman–Crippen LogP) is 2.56. The van der Waals surface area contributed by atoms with Gasteiger partial charge in [0.2, 0.25) is 0 Å².